The number of carbonyl (C=O) groups is 1. The van der Waals surface area contributed by atoms with Gasteiger partial charge in [-0.3, -0.25) is 0 Å². The lowest BCUT2D eigenvalue weighted by atomic mass is 9.47. The maximum Gasteiger partial charge on any atom is 0.331 e. The number of rotatable bonds is 4. The number of hydrogen-bond acceptors (Lipinski definition) is 3. The minimum absolute atomic E-state index is 0.143. The molecular weight excluding hydrogens is 288 g/mol. The highest BCUT2D eigenvalue weighted by Crippen LogP contribution is 2.61. The number of hydrogen-bond donors (Lipinski definition) is 1. The van der Waals surface area contributed by atoms with Crippen molar-refractivity contribution in [1.29, 1.82) is 0 Å². The van der Waals surface area contributed by atoms with Crippen molar-refractivity contribution in [3.05, 3.63) is 23.3 Å². The molecule has 0 aromatic heterocycles. The summed E-state index contributed by atoms with van der Waals surface area (Å²) < 4.78 is 5.05. The normalized spacial score (nSPS) is 40.3. The SMILES string of the molecule is CC1CCC2(C)C(CO)=CCCC2C1(C)CCC1=CC(=O)OC1. The first-order valence-electron chi connectivity index (χ1n) is 9.07. The van der Waals surface area contributed by atoms with Crippen LogP contribution < -0.4 is 0 Å². The Morgan fingerprint density at radius 3 is 2.78 bits per heavy atom. The summed E-state index contributed by atoms with van der Waals surface area (Å²) in [6.07, 6.45) is 10.7. The Kier molecular flexibility index (Phi) is 4.43. The molecule has 1 aliphatic heterocycles. The van der Waals surface area contributed by atoms with Crippen LogP contribution in [0.25, 0.3) is 0 Å². The third kappa shape index (κ3) is 2.77. The largest absolute Gasteiger partial charge is 0.458 e. The maximum atomic E-state index is 11.3. The van der Waals surface area contributed by atoms with Crippen LogP contribution in [0.3, 0.4) is 0 Å². The molecule has 3 aliphatic rings. The molecule has 128 valence electrons. The van der Waals surface area contributed by atoms with E-state index in [-0.39, 0.29) is 23.4 Å². The van der Waals surface area contributed by atoms with E-state index in [0.29, 0.717) is 18.4 Å². The second-order valence-corrected chi connectivity index (χ2v) is 8.29. The zero-order valence-corrected chi connectivity index (χ0v) is 14.7. The first-order chi connectivity index (χ1) is 10.9. The van der Waals surface area contributed by atoms with Crippen LogP contribution in [0.2, 0.25) is 0 Å². The number of carbonyl (C=O) groups excluding carboxylic acids is 1. The average Bonchev–Trinajstić information content (AvgIpc) is 2.95. The summed E-state index contributed by atoms with van der Waals surface area (Å²) in [7, 11) is 0. The van der Waals surface area contributed by atoms with Gasteiger partial charge in [0.25, 0.3) is 0 Å². The third-order valence-corrected chi connectivity index (χ3v) is 7.24. The van der Waals surface area contributed by atoms with Crippen LogP contribution >= 0.6 is 0 Å². The summed E-state index contributed by atoms with van der Waals surface area (Å²) in [5.41, 5.74) is 2.80. The van der Waals surface area contributed by atoms with Crippen molar-refractivity contribution >= 4 is 5.97 Å². The van der Waals surface area contributed by atoms with Crippen molar-refractivity contribution in [2.24, 2.45) is 22.7 Å². The van der Waals surface area contributed by atoms with E-state index in [1.54, 1.807) is 6.08 Å². The lowest BCUT2D eigenvalue weighted by molar-refractivity contribution is -0.134. The Bertz CT molecular complexity index is 547. The molecule has 0 saturated heterocycles. The Hall–Kier alpha value is -1.09. The van der Waals surface area contributed by atoms with E-state index in [0.717, 1.165) is 24.8 Å². The van der Waals surface area contributed by atoms with Gasteiger partial charge in [0.1, 0.15) is 6.61 Å². The van der Waals surface area contributed by atoms with Gasteiger partial charge in [-0.25, -0.2) is 4.79 Å². The van der Waals surface area contributed by atoms with Crippen LogP contribution in [0.5, 0.6) is 0 Å². The molecule has 1 heterocycles. The number of allylic oxidation sites excluding steroid dienone is 1. The van der Waals surface area contributed by atoms with Gasteiger partial charge >= 0.3 is 5.97 Å². The average molecular weight is 318 g/mol. The predicted molar refractivity (Wildman–Crippen MR) is 90.8 cm³/mol. The molecule has 1 saturated carbocycles. The van der Waals surface area contributed by atoms with Crippen LogP contribution in [-0.4, -0.2) is 24.3 Å². The number of cyclic esters (lactones) is 1. The topological polar surface area (TPSA) is 46.5 Å². The lowest BCUT2D eigenvalue weighted by Crippen LogP contribution is -2.50. The molecule has 4 atom stereocenters. The molecule has 0 amide bonds. The fraction of sp³-hybridized carbons (Fsp3) is 0.750. The van der Waals surface area contributed by atoms with Crippen molar-refractivity contribution in [3.63, 3.8) is 0 Å². The van der Waals surface area contributed by atoms with Crippen molar-refractivity contribution in [1.82, 2.24) is 0 Å². The fourth-order valence-electron chi connectivity index (χ4n) is 5.44. The lowest BCUT2D eigenvalue weighted by Gasteiger charge is -2.58. The first kappa shape index (κ1) is 16.8. The Morgan fingerprint density at radius 2 is 2.13 bits per heavy atom. The fourth-order valence-corrected chi connectivity index (χ4v) is 5.44. The highest BCUT2D eigenvalue weighted by molar-refractivity contribution is 5.85. The number of fused-ring (bicyclic) bond motifs is 1. The van der Waals surface area contributed by atoms with Gasteiger partial charge < -0.3 is 9.84 Å². The van der Waals surface area contributed by atoms with Crippen molar-refractivity contribution in [2.75, 3.05) is 13.2 Å². The molecule has 4 unspecified atom stereocenters. The first-order valence-corrected chi connectivity index (χ1v) is 9.07. The molecule has 3 nitrogen and oxygen atoms in total. The van der Waals surface area contributed by atoms with Gasteiger partial charge in [-0.1, -0.05) is 26.8 Å². The number of aliphatic hydroxyl groups is 1. The minimum Gasteiger partial charge on any atom is -0.458 e. The summed E-state index contributed by atoms with van der Waals surface area (Å²) in [6, 6.07) is 0. The van der Waals surface area contributed by atoms with Gasteiger partial charge in [-0.05, 0) is 72.3 Å². The summed E-state index contributed by atoms with van der Waals surface area (Å²) >= 11 is 0. The van der Waals surface area contributed by atoms with Crippen LogP contribution in [-0.2, 0) is 9.53 Å². The highest BCUT2D eigenvalue weighted by Gasteiger charge is 2.53. The van der Waals surface area contributed by atoms with Gasteiger partial charge in [0.05, 0.1) is 6.61 Å². The Labute approximate surface area is 139 Å². The number of ether oxygens (including phenoxy) is 1. The molecule has 23 heavy (non-hydrogen) atoms. The number of aliphatic hydroxyl groups excluding tert-OH is 1. The molecule has 0 aromatic carbocycles. The van der Waals surface area contributed by atoms with Gasteiger partial charge in [0.2, 0.25) is 0 Å². The van der Waals surface area contributed by atoms with Gasteiger partial charge in [0, 0.05) is 6.08 Å². The Balaban J connectivity index is 1.82. The summed E-state index contributed by atoms with van der Waals surface area (Å²) in [5, 5.41) is 9.83. The van der Waals surface area contributed by atoms with E-state index in [2.05, 4.69) is 26.8 Å². The quantitative estimate of drug-likeness (QED) is 0.629. The predicted octanol–water partition coefficient (Wildman–Crippen LogP) is 4.02. The van der Waals surface area contributed by atoms with Crippen LogP contribution in [0.1, 0.15) is 59.3 Å². The maximum absolute atomic E-state index is 11.3. The summed E-state index contributed by atoms with van der Waals surface area (Å²) in [4.78, 5) is 11.3. The van der Waals surface area contributed by atoms with Crippen LogP contribution in [0, 0.1) is 22.7 Å². The van der Waals surface area contributed by atoms with Gasteiger partial charge in [-0.2, -0.15) is 0 Å². The van der Waals surface area contributed by atoms with Gasteiger partial charge in [-0.15, -0.1) is 0 Å². The smallest absolute Gasteiger partial charge is 0.331 e. The molecule has 0 bridgehead atoms. The standard InChI is InChI=1S/C20H30O3/c1-14-7-9-20(3)16(12-21)5-4-6-17(20)19(14,2)10-8-15-11-18(22)23-13-15/h5,11,14,17,21H,4,6-10,12-13H2,1-3H3. The molecule has 2 aliphatic carbocycles. The Morgan fingerprint density at radius 1 is 1.35 bits per heavy atom. The van der Waals surface area contributed by atoms with Crippen molar-refractivity contribution < 1.29 is 14.6 Å². The molecule has 0 spiro atoms. The second-order valence-electron chi connectivity index (χ2n) is 8.29. The van der Waals surface area contributed by atoms with E-state index < -0.39 is 0 Å². The number of esters is 1. The molecule has 3 rings (SSSR count). The molecule has 0 aromatic rings. The second kappa shape index (κ2) is 6.08. The van der Waals surface area contributed by atoms with Crippen molar-refractivity contribution in [2.45, 2.75) is 59.3 Å². The monoisotopic (exact) mass is 318 g/mol. The summed E-state index contributed by atoms with van der Waals surface area (Å²) in [6.45, 7) is 7.88. The van der Waals surface area contributed by atoms with Crippen LogP contribution in [0.4, 0.5) is 0 Å². The molecular formula is C20H30O3. The summed E-state index contributed by atoms with van der Waals surface area (Å²) in [5.74, 6) is 1.11. The van der Waals surface area contributed by atoms with E-state index in [1.165, 1.54) is 24.8 Å². The minimum atomic E-state index is -0.185. The van der Waals surface area contributed by atoms with E-state index in [1.807, 2.05) is 0 Å². The van der Waals surface area contributed by atoms with E-state index in [9.17, 15) is 9.90 Å². The van der Waals surface area contributed by atoms with E-state index >= 15 is 0 Å². The zero-order valence-electron chi connectivity index (χ0n) is 14.7. The zero-order chi connectivity index (χ0) is 16.7. The van der Waals surface area contributed by atoms with Crippen molar-refractivity contribution in [3.8, 4) is 0 Å². The van der Waals surface area contributed by atoms with Gasteiger partial charge in [0.15, 0.2) is 0 Å². The third-order valence-electron chi connectivity index (χ3n) is 7.24. The molecule has 1 N–H and O–H groups in total. The highest BCUT2D eigenvalue weighted by atomic mass is 16.5. The molecule has 1 fully saturated rings. The molecule has 0 radical (unpaired) electrons. The molecule has 3 heteroatoms. The van der Waals surface area contributed by atoms with Crippen LogP contribution in [0.15, 0.2) is 23.3 Å². The van der Waals surface area contributed by atoms with E-state index in [4.69, 9.17) is 4.74 Å².